The van der Waals surface area contributed by atoms with Crippen molar-refractivity contribution in [3.63, 3.8) is 0 Å². The number of aromatic nitrogens is 3. The molecule has 34 heavy (non-hydrogen) atoms. The molecule has 5 rings (SSSR count). The number of anilines is 2. The largest absolute Gasteiger partial charge is 0.480 e. The average molecular weight is 468 g/mol. The smallest absolute Gasteiger partial charge is 0.416 e. The van der Waals surface area contributed by atoms with Gasteiger partial charge in [-0.15, -0.1) is 0 Å². The molecule has 2 aromatic heterocycles. The van der Waals surface area contributed by atoms with E-state index in [1.807, 2.05) is 0 Å². The van der Waals surface area contributed by atoms with Crippen LogP contribution in [0, 0.1) is 5.82 Å². The molecule has 2 aliphatic heterocycles. The van der Waals surface area contributed by atoms with Gasteiger partial charge >= 0.3 is 6.09 Å². The quantitative estimate of drug-likeness (QED) is 0.512. The number of nitrogens with zero attached hydrogens (tertiary/aromatic N) is 4. The number of aryl methyl sites for hydroxylation is 1. The van der Waals surface area contributed by atoms with Crippen LogP contribution in [0.5, 0.6) is 5.75 Å². The molecular weight excluding hydrogens is 447 g/mol. The Morgan fingerprint density at radius 2 is 2.09 bits per heavy atom. The number of carbonyl (C=O) groups is 2. The van der Waals surface area contributed by atoms with Crippen LogP contribution in [0.1, 0.15) is 5.56 Å². The number of hydrogen-bond donors (Lipinski definition) is 2. The molecule has 3 aromatic rings. The molecule has 1 aromatic carbocycles. The monoisotopic (exact) mass is 468 g/mol. The van der Waals surface area contributed by atoms with Gasteiger partial charge in [0, 0.05) is 19.2 Å². The fourth-order valence-electron chi connectivity index (χ4n) is 4.03. The van der Waals surface area contributed by atoms with Crippen LogP contribution in [-0.4, -0.2) is 58.9 Å². The zero-order valence-electron chi connectivity index (χ0n) is 18.2. The molecule has 0 aliphatic carbocycles. The minimum atomic E-state index is -0.552. The highest BCUT2D eigenvalue weighted by molar-refractivity contribution is 5.95. The summed E-state index contributed by atoms with van der Waals surface area (Å²) in [5, 5.41) is 5.78. The summed E-state index contributed by atoms with van der Waals surface area (Å²) in [5.74, 6) is 0.293. The van der Waals surface area contributed by atoms with Crippen LogP contribution >= 0.6 is 0 Å². The number of benzene rings is 1. The summed E-state index contributed by atoms with van der Waals surface area (Å²) >= 11 is 0. The molecule has 0 spiro atoms. The number of pyridine rings is 1. The molecule has 0 bridgehead atoms. The molecule has 11 nitrogen and oxygen atoms in total. The number of cyclic esters (lactones) is 1. The van der Waals surface area contributed by atoms with Gasteiger partial charge in [0.2, 0.25) is 0 Å². The summed E-state index contributed by atoms with van der Waals surface area (Å²) in [4.78, 5) is 45.6. The Kier molecular flexibility index (Phi) is 5.57. The second kappa shape index (κ2) is 8.71. The van der Waals surface area contributed by atoms with Crippen LogP contribution in [0.2, 0.25) is 0 Å². The van der Waals surface area contributed by atoms with Gasteiger partial charge in [-0.05, 0) is 37.2 Å². The van der Waals surface area contributed by atoms with Crippen LogP contribution in [-0.2, 0) is 23.0 Å². The molecule has 2 aliphatic rings. The fourth-order valence-corrected chi connectivity index (χ4v) is 4.03. The summed E-state index contributed by atoms with van der Waals surface area (Å²) < 4.78 is 26.6. The van der Waals surface area contributed by atoms with E-state index in [0.717, 1.165) is 0 Å². The number of hydrogen-bond acceptors (Lipinski definition) is 8. The number of ether oxygens (including phenoxy) is 2. The maximum atomic E-state index is 14.5. The Morgan fingerprint density at radius 3 is 2.94 bits per heavy atom. The first kappa shape index (κ1) is 21.8. The second-order valence-electron chi connectivity index (χ2n) is 7.97. The Balaban J connectivity index is 1.21. The molecule has 1 saturated heterocycles. The fraction of sp³-hybridized carbons (Fsp3) is 0.318. The van der Waals surface area contributed by atoms with E-state index in [9.17, 15) is 18.8 Å². The number of amides is 2. The molecule has 2 amide bonds. The van der Waals surface area contributed by atoms with Crippen LogP contribution in [0.4, 0.5) is 20.8 Å². The topological polar surface area (TPSA) is 128 Å². The molecule has 12 heteroatoms. The molecule has 0 unspecified atom stereocenters. The molecule has 0 radical (unpaired) electrons. The minimum Gasteiger partial charge on any atom is -0.480 e. The summed E-state index contributed by atoms with van der Waals surface area (Å²) in [6, 6.07) is 6.14. The number of fused-ring (bicyclic) bond motifs is 2. The standard InChI is InChI=1S/C22H21FN6O5/c1-28-19(31)9-25-15-3-2-14(23)13(20(15)28)6-7-24-8-12-10-29(22(32)34-12)17-5-4-16-21(26-17)27-18(30)11-33-16/h2-5,9,12,24H,6-8,10-11H2,1H3,(H,26,27,30)/t12-/m1/s1. The van der Waals surface area contributed by atoms with Crippen LogP contribution in [0.15, 0.2) is 35.3 Å². The van der Waals surface area contributed by atoms with Crippen molar-refractivity contribution in [1.29, 1.82) is 0 Å². The van der Waals surface area contributed by atoms with Gasteiger partial charge in [0.05, 0.1) is 23.8 Å². The Hall–Kier alpha value is -4.06. The maximum Gasteiger partial charge on any atom is 0.416 e. The van der Waals surface area contributed by atoms with Crippen molar-refractivity contribution in [2.24, 2.45) is 7.05 Å². The van der Waals surface area contributed by atoms with Gasteiger partial charge in [0.1, 0.15) is 17.7 Å². The Labute approximate surface area is 192 Å². The number of nitrogens with one attached hydrogen (secondary N) is 2. The number of halogens is 1. The Morgan fingerprint density at radius 1 is 1.24 bits per heavy atom. The van der Waals surface area contributed by atoms with Crippen LogP contribution in [0.3, 0.4) is 0 Å². The van der Waals surface area contributed by atoms with E-state index in [-0.39, 0.29) is 30.4 Å². The zero-order valence-corrected chi connectivity index (χ0v) is 18.2. The predicted molar refractivity (Wildman–Crippen MR) is 119 cm³/mol. The van der Waals surface area contributed by atoms with Gasteiger partial charge in [0.25, 0.3) is 11.5 Å². The van der Waals surface area contributed by atoms with E-state index in [1.54, 1.807) is 25.2 Å². The summed E-state index contributed by atoms with van der Waals surface area (Å²) in [5.41, 5.74) is 1.08. The third-order valence-electron chi connectivity index (χ3n) is 5.72. The van der Waals surface area contributed by atoms with Gasteiger partial charge in [-0.2, -0.15) is 0 Å². The van der Waals surface area contributed by atoms with E-state index in [4.69, 9.17) is 9.47 Å². The predicted octanol–water partition coefficient (Wildman–Crippen LogP) is 0.956. The molecular formula is C22H21FN6O5. The molecule has 1 fully saturated rings. The first-order chi connectivity index (χ1) is 16.4. The lowest BCUT2D eigenvalue weighted by molar-refractivity contribution is -0.118. The zero-order chi connectivity index (χ0) is 23.8. The van der Waals surface area contributed by atoms with Crippen LogP contribution < -0.4 is 25.8 Å². The van der Waals surface area contributed by atoms with E-state index in [2.05, 4.69) is 20.6 Å². The highest BCUT2D eigenvalue weighted by atomic mass is 19.1. The van der Waals surface area contributed by atoms with E-state index in [0.29, 0.717) is 47.7 Å². The van der Waals surface area contributed by atoms with Crippen molar-refractivity contribution in [1.82, 2.24) is 19.9 Å². The van der Waals surface area contributed by atoms with E-state index < -0.39 is 18.0 Å². The normalized spacial score (nSPS) is 17.4. The number of rotatable bonds is 6. The Bertz CT molecular complexity index is 1360. The summed E-state index contributed by atoms with van der Waals surface area (Å²) in [6.45, 7) is 0.917. The average Bonchev–Trinajstić information content (AvgIpc) is 3.20. The van der Waals surface area contributed by atoms with Gasteiger partial charge in [-0.1, -0.05) is 0 Å². The van der Waals surface area contributed by atoms with Crippen LogP contribution in [0.25, 0.3) is 11.0 Å². The number of carbonyl (C=O) groups excluding carboxylic acids is 2. The summed E-state index contributed by atoms with van der Waals surface area (Å²) in [6.07, 6.45) is 0.530. The summed E-state index contributed by atoms with van der Waals surface area (Å²) in [7, 11) is 1.58. The molecule has 2 N–H and O–H groups in total. The minimum absolute atomic E-state index is 0.0803. The van der Waals surface area contributed by atoms with Crippen molar-refractivity contribution in [3.05, 3.63) is 52.2 Å². The van der Waals surface area contributed by atoms with Gasteiger partial charge < -0.3 is 24.7 Å². The highest BCUT2D eigenvalue weighted by Gasteiger charge is 2.33. The molecule has 1 atom stereocenters. The van der Waals surface area contributed by atoms with Crippen molar-refractivity contribution >= 4 is 34.7 Å². The van der Waals surface area contributed by atoms with E-state index in [1.165, 1.54) is 21.7 Å². The lowest BCUT2D eigenvalue weighted by Gasteiger charge is -2.19. The maximum absolute atomic E-state index is 14.5. The molecule has 4 heterocycles. The lowest BCUT2D eigenvalue weighted by Crippen LogP contribution is -2.32. The van der Waals surface area contributed by atoms with E-state index >= 15 is 0 Å². The van der Waals surface area contributed by atoms with Gasteiger partial charge in [-0.25, -0.2) is 19.2 Å². The second-order valence-corrected chi connectivity index (χ2v) is 7.97. The lowest BCUT2D eigenvalue weighted by atomic mass is 10.1. The van der Waals surface area contributed by atoms with Crippen molar-refractivity contribution < 1.29 is 23.5 Å². The molecule has 0 saturated carbocycles. The SMILES string of the molecule is Cn1c(=O)cnc2ccc(F)c(CCNC[C@@H]3CN(c4ccc5c(n4)NC(=O)CO5)C(=O)O3)c21. The highest BCUT2D eigenvalue weighted by Crippen LogP contribution is 2.30. The first-order valence-electron chi connectivity index (χ1n) is 10.7. The third kappa shape index (κ3) is 4.03. The van der Waals surface area contributed by atoms with Crippen molar-refractivity contribution in [3.8, 4) is 5.75 Å². The van der Waals surface area contributed by atoms with Gasteiger partial charge in [0.15, 0.2) is 18.2 Å². The molecule has 176 valence electrons. The van der Waals surface area contributed by atoms with Crippen molar-refractivity contribution in [2.45, 2.75) is 12.5 Å². The van der Waals surface area contributed by atoms with Crippen molar-refractivity contribution in [2.75, 3.05) is 36.5 Å². The first-order valence-corrected chi connectivity index (χ1v) is 10.7. The third-order valence-corrected chi connectivity index (χ3v) is 5.72. The van der Waals surface area contributed by atoms with Gasteiger partial charge in [-0.3, -0.25) is 14.5 Å².